The number of nitrogens with zero attached hydrogens (tertiary/aromatic N) is 1. The molecule has 3 aromatic carbocycles. The Kier molecular flexibility index (Phi) is 7.71. The molecule has 3 aromatic rings. The van der Waals surface area contributed by atoms with Crippen molar-refractivity contribution in [1.82, 2.24) is 0 Å². The van der Waals surface area contributed by atoms with Crippen LogP contribution in [0.25, 0.3) is 6.08 Å². The Morgan fingerprint density at radius 2 is 1.87 bits per heavy atom. The second-order valence-corrected chi connectivity index (χ2v) is 7.70. The molecule has 0 atom stereocenters. The van der Waals surface area contributed by atoms with E-state index in [1.165, 1.54) is 6.08 Å². The van der Waals surface area contributed by atoms with Gasteiger partial charge in [0.05, 0.1) is 16.6 Å². The van der Waals surface area contributed by atoms with Crippen molar-refractivity contribution in [3.8, 4) is 17.6 Å². The smallest absolute Gasteiger partial charge is 0.266 e. The Morgan fingerprint density at radius 3 is 2.48 bits per heavy atom. The van der Waals surface area contributed by atoms with Crippen LogP contribution < -0.4 is 14.8 Å². The topological polar surface area (TPSA) is 71.3 Å². The van der Waals surface area contributed by atoms with Crippen LogP contribution in [-0.2, 0) is 11.4 Å². The van der Waals surface area contributed by atoms with Gasteiger partial charge in [-0.3, -0.25) is 4.79 Å². The highest BCUT2D eigenvalue weighted by atomic mass is 79.9. The van der Waals surface area contributed by atoms with Crippen molar-refractivity contribution in [3.05, 3.63) is 92.9 Å². The van der Waals surface area contributed by atoms with Crippen LogP contribution in [0.2, 0.25) is 5.02 Å². The zero-order valence-electron chi connectivity index (χ0n) is 16.6. The molecule has 1 amide bonds. The van der Waals surface area contributed by atoms with E-state index in [9.17, 15) is 10.1 Å². The van der Waals surface area contributed by atoms with Gasteiger partial charge >= 0.3 is 0 Å². The van der Waals surface area contributed by atoms with Gasteiger partial charge in [0.2, 0.25) is 0 Å². The quantitative estimate of drug-likeness (QED) is 0.310. The average Bonchev–Trinajstić information content (AvgIpc) is 2.78. The number of carbonyl (C=O) groups excluding carboxylic acids is 1. The lowest BCUT2D eigenvalue weighted by molar-refractivity contribution is -0.112. The van der Waals surface area contributed by atoms with Crippen molar-refractivity contribution in [2.75, 3.05) is 12.4 Å². The van der Waals surface area contributed by atoms with E-state index in [1.807, 2.05) is 36.4 Å². The number of nitrogens with one attached hydrogen (secondary N) is 1. The van der Waals surface area contributed by atoms with E-state index in [0.29, 0.717) is 38.9 Å². The van der Waals surface area contributed by atoms with Crippen molar-refractivity contribution in [2.45, 2.75) is 6.61 Å². The minimum Gasteiger partial charge on any atom is -0.497 e. The molecule has 0 saturated carbocycles. The normalized spacial score (nSPS) is 10.8. The van der Waals surface area contributed by atoms with Gasteiger partial charge in [0.15, 0.2) is 5.75 Å². The van der Waals surface area contributed by atoms with E-state index in [4.69, 9.17) is 21.1 Å². The number of carbonyl (C=O) groups is 1. The lowest BCUT2D eigenvalue weighted by Crippen LogP contribution is -2.13. The van der Waals surface area contributed by atoms with E-state index in [-0.39, 0.29) is 5.57 Å². The van der Waals surface area contributed by atoms with Crippen LogP contribution in [0.15, 0.2) is 76.8 Å². The fourth-order valence-corrected chi connectivity index (χ4v) is 3.71. The number of methoxy groups -OCH3 is 1. The summed E-state index contributed by atoms with van der Waals surface area (Å²) in [4.78, 5) is 12.5. The number of hydrogen-bond donors (Lipinski definition) is 1. The fraction of sp³-hybridized carbons (Fsp3) is 0.0833. The highest BCUT2D eigenvalue weighted by molar-refractivity contribution is 9.10. The zero-order chi connectivity index (χ0) is 22.2. The first-order valence-electron chi connectivity index (χ1n) is 9.23. The first-order valence-corrected chi connectivity index (χ1v) is 10.4. The van der Waals surface area contributed by atoms with Gasteiger partial charge < -0.3 is 14.8 Å². The number of nitriles is 1. The van der Waals surface area contributed by atoms with Gasteiger partial charge in [-0.2, -0.15) is 5.26 Å². The molecule has 0 spiro atoms. The molecule has 0 radical (unpaired) electrons. The fourth-order valence-electron chi connectivity index (χ4n) is 2.72. The molecular formula is C24H18BrClN2O3. The van der Waals surface area contributed by atoms with Crippen LogP contribution >= 0.6 is 27.5 Å². The van der Waals surface area contributed by atoms with Crippen molar-refractivity contribution in [3.63, 3.8) is 0 Å². The maximum absolute atomic E-state index is 12.5. The third-order valence-electron chi connectivity index (χ3n) is 4.27. The maximum atomic E-state index is 12.5. The maximum Gasteiger partial charge on any atom is 0.266 e. The predicted octanol–water partition coefficient (Wildman–Crippen LogP) is 6.24. The number of hydrogen-bond acceptors (Lipinski definition) is 4. The van der Waals surface area contributed by atoms with Gasteiger partial charge in [-0.15, -0.1) is 0 Å². The standard InChI is InChI=1S/C24H18BrClN2O3/c1-30-20-9-7-19(8-10-20)28-24(29)18(14-27)11-17-12-21(25)23(22(26)13-17)31-15-16-5-3-2-4-6-16/h2-13H,15H2,1H3,(H,28,29)/b18-11-. The molecule has 0 aromatic heterocycles. The summed E-state index contributed by atoms with van der Waals surface area (Å²) in [7, 11) is 1.56. The summed E-state index contributed by atoms with van der Waals surface area (Å²) < 4.78 is 11.5. The van der Waals surface area contributed by atoms with Crippen LogP contribution in [0, 0.1) is 11.3 Å². The molecule has 0 fully saturated rings. The van der Waals surface area contributed by atoms with E-state index >= 15 is 0 Å². The van der Waals surface area contributed by atoms with Crippen molar-refractivity contribution in [2.24, 2.45) is 0 Å². The van der Waals surface area contributed by atoms with Crippen molar-refractivity contribution < 1.29 is 14.3 Å². The minimum absolute atomic E-state index is 0.0586. The van der Waals surface area contributed by atoms with E-state index in [2.05, 4.69) is 21.2 Å². The lowest BCUT2D eigenvalue weighted by Gasteiger charge is -2.11. The van der Waals surface area contributed by atoms with Gasteiger partial charge in [0.25, 0.3) is 5.91 Å². The Balaban J connectivity index is 1.75. The molecule has 0 aliphatic heterocycles. The number of anilines is 1. The van der Waals surface area contributed by atoms with E-state index in [0.717, 1.165) is 5.56 Å². The third-order valence-corrected chi connectivity index (χ3v) is 5.14. The van der Waals surface area contributed by atoms with Crippen LogP contribution in [0.1, 0.15) is 11.1 Å². The van der Waals surface area contributed by atoms with Crippen molar-refractivity contribution in [1.29, 1.82) is 5.26 Å². The minimum atomic E-state index is -0.524. The third kappa shape index (κ3) is 6.11. The van der Waals surface area contributed by atoms with Gasteiger partial charge in [-0.1, -0.05) is 41.9 Å². The molecule has 5 nitrogen and oxygen atoms in total. The lowest BCUT2D eigenvalue weighted by atomic mass is 10.1. The summed E-state index contributed by atoms with van der Waals surface area (Å²) >= 11 is 9.84. The summed E-state index contributed by atoms with van der Waals surface area (Å²) in [6.45, 7) is 0.363. The average molecular weight is 498 g/mol. The second-order valence-electron chi connectivity index (χ2n) is 6.44. The molecule has 0 aliphatic rings. The molecule has 31 heavy (non-hydrogen) atoms. The molecule has 3 rings (SSSR count). The Labute approximate surface area is 194 Å². The zero-order valence-corrected chi connectivity index (χ0v) is 18.9. The summed E-state index contributed by atoms with van der Waals surface area (Å²) in [6.07, 6.45) is 1.47. The van der Waals surface area contributed by atoms with Crippen molar-refractivity contribution >= 4 is 45.2 Å². The molecule has 0 heterocycles. The Hall–Kier alpha value is -3.27. The largest absolute Gasteiger partial charge is 0.497 e. The van der Waals surface area contributed by atoms with Crippen LogP contribution in [0.3, 0.4) is 0 Å². The number of halogens is 2. The number of benzene rings is 3. The first-order chi connectivity index (χ1) is 15.0. The summed E-state index contributed by atoms with van der Waals surface area (Å²) in [5.41, 5.74) is 2.09. The number of ether oxygens (including phenoxy) is 2. The molecule has 7 heteroatoms. The monoisotopic (exact) mass is 496 g/mol. The Bertz CT molecular complexity index is 1120. The molecule has 156 valence electrons. The van der Waals surface area contributed by atoms with Gasteiger partial charge in [0.1, 0.15) is 24.0 Å². The molecule has 1 N–H and O–H groups in total. The van der Waals surface area contributed by atoms with Gasteiger partial charge in [0, 0.05) is 5.69 Å². The summed E-state index contributed by atoms with van der Waals surface area (Å²) in [5, 5.41) is 12.5. The highest BCUT2D eigenvalue weighted by Gasteiger charge is 2.13. The molecule has 0 saturated heterocycles. The Morgan fingerprint density at radius 1 is 1.16 bits per heavy atom. The molecule has 0 aliphatic carbocycles. The number of rotatable bonds is 7. The molecule has 0 unspecified atom stereocenters. The van der Waals surface area contributed by atoms with Crippen LogP contribution in [0.5, 0.6) is 11.5 Å². The summed E-state index contributed by atoms with van der Waals surface area (Å²) in [5.74, 6) is 0.635. The molecule has 0 bridgehead atoms. The van der Waals surface area contributed by atoms with E-state index < -0.39 is 5.91 Å². The predicted molar refractivity (Wildman–Crippen MR) is 125 cm³/mol. The first kappa shape index (κ1) is 22.4. The highest BCUT2D eigenvalue weighted by Crippen LogP contribution is 2.35. The SMILES string of the molecule is COc1ccc(NC(=O)/C(C#N)=C\c2cc(Cl)c(OCc3ccccc3)c(Br)c2)cc1. The molecular weight excluding hydrogens is 480 g/mol. The van der Waals surface area contributed by atoms with Gasteiger partial charge in [-0.25, -0.2) is 0 Å². The number of amides is 1. The van der Waals surface area contributed by atoms with Gasteiger partial charge in [-0.05, 0) is 69.5 Å². The summed E-state index contributed by atoms with van der Waals surface area (Å²) in [6, 6.07) is 21.9. The van der Waals surface area contributed by atoms with Crippen LogP contribution in [0.4, 0.5) is 5.69 Å². The van der Waals surface area contributed by atoms with E-state index in [1.54, 1.807) is 43.5 Å². The van der Waals surface area contributed by atoms with Crippen LogP contribution in [-0.4, -0.2) is 13.0 Å². The second kappa shape index (κ2) is 10.7.